The Kier molecular flexibility index (Phi) is 8.40. The molecule has 0 bridgehead atoms. The highest BCUT2D eigenvalue weighted by Crippen LogP contribution is 2.29. The Balaban J connectivity index is 1.78. The summed E-state index contributed by atoms with van der Waals surface area (Å²) in [5.41, 5.74) is 1.83. The maximum Gasteiger partial charge on any atom is 0.322 e. The summed E-state index contributed by atoms with van der Waals surface area (Å²) in [5, 5.41) is 11.0. The van der Waals surface area contributed by atoms with E-state index in [9.17, 15) is 9.59 Å². The highest BCUT2D eigenvalue weighted by molar-refractivity contribution is 6.32. The predicted molar refractivity (Wildman–Crippen MR) is 140 cm³/mol. The molecule has 3 aromatic rings. The van der Waals surface area contributed by atoms with Gasteiger partial charge in [-0.25, -0.2) is 9.48 Å². The predicted octanol–water partition coefficient (Wildman–Crippen LogP) is 5.71. The van der Waals surface area contributed by atoms with Crippen LogP contribution in [0.2, 0.25) is 5.02 Å². The number of ether oxygens (including phenoxy) is 1. The second-order valence-electron chi connectivity index (χ2n) is 9.16. The van der Waals surface area contributed by atoms with Gasteiger partial charge in [-0.3, -0.25) is 4.79 Å². The summed E-state index contributed by atoms with van der Waals surface area (Å²) >= 11 is 6.41. The van der Waals surface area contributed by atoms with Crippen LogP contribution in [0.4, 0.5) is 16.3 Å². The minimum Gasteiger partial charge on any atom is -0.497 e. The van der Waals surface area contributed by atoms with E-state index >= 15 is 0 Å². The van der Waals surface area contributed by atoms with Crippen LogP contribution in [-0.4, -0.2) is 46.8 Å². The van der Waals surface area contributed by atoms with Gasteiger partial charge in [-0.15, -0.1) is 0 Å². The Labute approximate surface area is 211 Å². The van der Waals surface area contributed by atoms with Crippen molar-refractivity contribution in [3.05, 3.63) is 65.3 Å². The van der Waals surface area contributed by atoms with Crippen LogP contribution in [0.15, 0.2) is 54.6 Å². The van der Waals surface area contributed by atoms with Crippen LogP contribution in [0.3, 0.4) is 0 Å². The van der Waals surface area contributed by atoms with Crippen LogP contribution < -0.4 is 15.4 Å². The van der Waals surface area contributed by atoms with Crippen LogP contribution in [-0.2, 0) is 10.2 Å². The fraction of sp³-hybridized carbons (Fsp3) is 0.346. The molecule has 2 aromatic carbocycles. The number of methoxy groups -OCH3 is 1. The van der Waals surface area contributed by atoms with Crippen molar-refractivity contribution >= 4 is 35.0 Å². The van der Waals surface area contributed by atoms with Gasteiger partial charge in [0.2, 0.25) is 5.91 Å². The molecule has 1 aromatic heterocycles. The van der Waals surface area contributed by atoms with Gasteiger partial charge in [0.15, 0.2) is 0 Å². The van der Waals surface area contributed by atoms with E-state index in [2.05, 4.69) is 10.6 Å². The molecule has 1 heterocycles. The van der Waals surface area contributed by atoms with E-state index in [1.54, 1.807) is 42.1 Å². The lowest BCUT2D eigenvalue weighted by atomic mass is 9.92. The molecule has 8 nitrogen and oxygen atoms in total. The van der Waals surface area contributed by atoms with Gasteiger partial charge in [0.1, 0.15) is 18.1 Å². The summed E-state index contributed by atoms with van der Waals surface area (Å²) in [4.78, 5) is 27.4. The molecule has 0 radical (unpaired) electrons. The number of anilines is 2. The standard InChI is InChI=1S/C26H32ClN5O3/c1-6-15-31(25(34)28-18-11-13-19(35-5)14-12-18)17-24(33)29-23-16-22(26(2,3)4)30-32(23)21-10-8-7-9-20(21)27/h7-14,16H,6,15,17H2,1-5H3,(H,28,34)(H,29,33). The summed E-state index contributed by atoms with van der Waals surface area (Å²) < 4.78 is 6.78. The maximum absolute atomic E-state index is 13.0. The second kappa shape index (κ2) is 11.3. The Morgan fingerprint density at radius 1 is 1.09 bits per heavy atom. The van der Waals surface area contributed by atoms with Crippen LogP contribution >= 0.6 is 11.6 Å². The van der Waals surface area contributed by atoms with E-state index in [1.807, 2.05) is 52.0 Å². The molecule has 0 aliphatic rings. The molecule has 0 spiro atoms. The van der Waals surface area contributed by atoms with Gasteiger partial charge < -0.3 is 20.3 Å². The minimum atomic E-state index is -0.359. The molecule has 0 atom stereocenters. The van der Waals surface area contributed by atoms with Crippen molar-refractivity contribution in [1.29, 1.82) is 0 Å². The van der Waals surface area contributed by atoms with Gasteiger partial charge in [0.05, 0.1) is 23.5 Å². The summed E-state index contributed by atoms with van der Waals surface area (Å²) in [5.74, 6) is 0.842. The average Bonchev–Trinajstić information content (AvgIpc) is 3.23. The van der Waals surface area contributed by atoms with Crippen LogP contribution in [0.5, 0.6) is 5.75 Å². The number of hydrogen-bond donors (Lipinski definition) is 2. The van der Waals surface area contributed by atoms with Crippen molar-refractivity contribution in [2.75, 3.05) is 30.8 Å². The highest BCUT2D eigenvalue weighted by atomic mass is 35.5. The van der Waals surface area contributed by atoms with Gasteiger partial charge >= 0.3 is 6.03 Å². The Morgan fingerprint density at radius 3 is 2.37 bits per heavy atom. The van der Waals surface area contributed by atoms with E-state index in [0.29, 0.717) is 40.9 Å². The molecule has 35 heavy (non-hydrogen) atoms. The number of halogens is 1. The average molecular weight is 498 g/mol. The highest BCUT2D eigenvalue weighted by Gasteiger charge is 2.23. The number of benzene rings is 2. The third kappa shape index (κ3) is 6.76. The van der Waals surface area contributed by atoms with Gasteiger partial charge in [-0.2, -0.15) is 5.10 Å². The van der Waals surface area contributed by atoms with E-state index in [-0.39, 0.29) is 23.9 Å². The Morgan fingerprint density at radius 2 is 1.77 bits per heavy atom. The zero-order valence-electron chi connectivity index (χ0n) is 20.8. The number of urea groups is 1. The van der Waals surface area contributed by atoms with Crippen LogP contribution in [0.1, 0.15) is 39.8 Å². The lowest BCUT2D eigenvalue weighted by molar-refractivity contribution is -0.116. The normalized spacial score (nSPS) is 11.1. The van der Waals surface area contributed by atoms with E-state index in [0.717, 1.165) is 5.69 Å². The molecule has 0 saturated carbocycles. The smallest absolute Gasteiger partial charge is 0.322 e. The van der Waals surface area contributed by atoms with Gasteiger partial charge in [-0.05, 0) is 42.8 Å². The molecule has 0 fully saturated rings. The van der Waals surface area contributed by atoms with Crippen molar-refractivity contribution in [2.45, 2.75) is 39.5 Å². The van der Waals surface area contributed by atoms with Gasteiger partial charge in [-0.1, -0.05) is 51.4 Å². The third-order valence-corrected chi connectivity index (χ3v) is 5.60. The molecule has 3 rings (SSSR count). The second-order valence-corrected chi connectivity index (χ2v) is 9.56. The molecular weight excluding hydrogens is 466 g/mol. The molecule has 0 aliphatic carbocycles. The summed E-state index contributed by atoms with van der Waals surface area (Å²) in [6.07, 6.45) is 0.703. The SMILES string of the molecule is CCCN(CC(=O)Nc1cc(C(C)(C)C)nn1-c1ccccc1Cl)C(=O)Nc1ccc(OC)cc1. The zero-order chi connectivity index (χ0) is 25.6. The number of para-hydroxylation sites is 1. The number of aromatic nitrogens is 2. The number of rotatable bonds is 8. The van der Waals surface area contributed by atoms with Crippen molar-refractivity contribution in [3.8, 4) is 11.4 Å². The lowest BCUT2D eigenvalue weighted by Gasteiger charge is -2.22. The van der Waals surface area contributed by atoms with E-state index in [1.165, 1.54) is 4.90 Å². The summed E-state index contributed by atoms with van der Waals surface area (Å²) in [6, 6.07) is 15.8. The van der Waals surface area contributed by atoms with Crippen LogP contribution in [0.25, 0.3) is 5.69 Å². The number of hydrogen-bond acceptors (Lipinski definition) is 4. The fourth-order valence-corrected chi connectivity index (χ4v) is 3.61. The van der Waals surface area contributed by atoms with Crippen molar-refractivity contribution < 1.29 is 14.3 Å². The van der Waals surface area contributed by atoms with Crippen LogP contribution in [0, 0.1) is 0 Å². The summed E-state index contributed by atoms with van der Waals surface area (Å²) in [7, 11) is 1.58. The molecule has 186 valence electrons. The minimum absolute atomic E-state index is 0.117. The Hall–Kier alpha value is -3.52. The van der Waals surface area contributed by atoms with E-state index < -0.39 is 0 Å². The monoisotopic (exact) mass is 497 g/mol. The van der Waals surface area contributed by atoms with Gasteiger partial charge in [0.25, 0.3) is 0 Å². The van der Waals surface area contributed by atoms with Crippen molar-refractivity contribution in [1.82, 2.24) is 14.7 Å². The number of carbonyl (C=O) groups excluding carboxylic acids is 2. The first-order chi connectivity index (χ1) is 16.6. The molecule has 0 unspecified atom stereocenters. The number of nitrogens with one attached hydrogen (secondary N) is 2. The molecule has 9 heteroatoms. The topological polar surface area (TPSA) is 88.5 Å². The first-order valence-corrected chi connectivity index (χ1v) is 11.9. The number of carbonyl (C=O) groups is 2. The first kappa shape index (κ1) is 26.1. The molecular formula is C26H32ClN5O3. The molecule has 2 N–H and O–H groups in total. The largest absolute Gasteiger partial charge is 0.497 e. The third-order valence-electron chi connectivity index (χ3n) is 5.28. The van der Waals surface area contributed by atoms with Crippen molar-refractivity contribution in [2.24, 2.45) is 0 Å². The Bertz CT molecular complexity index is 1170. The number of nitrogens with zero attached hydrogens (tertiary/aromatic N) is 3. The zero-order valence-corrected chi connectivity index (χ0v) is 21.5. The lowest BCUT2D eigenvalue weighted by Crippen LogP contribution is -2.41. The molecule has 3 amide bonds. The molecule has 0 saturated heterocycles. The van der Waals surface area contributed by atoms with Gasteiger partial charge in [0, 0.05) is 23.7 Å². The van der Waals surface area contributed by atoms with Crippen molar-refractivity contribution in [3.63, 3.8) is 0 Å². The molecule has 0 aliphatic heterocycles. The maximum atomic E-state index is 13.0. The summed E-state index contributed by atoms with van der Waals surface area (Å²) in [6.45, 7) is 8.40. The van der Waals surface area contributed by atoms with E-state index in [4.69, 9.17) is 21.4 Å². The number of amides is 3. The quantitative estimate of drug-likeness (QED) is 0.417. The first-order valence-electron chi connectivity index (χ1n) is 11.5. The fourth-order valence-electron chi connectivity index (χ4n) is 3.40.